The van der Waals surface area contributed by atoms with Crippen molar-refractivity contribution in [1.82, 2.24) is 19.0 Å². The molecule has 1 aromatic heterocycles. The van der Waals surface area contributed by atoms with E-state index < -0.39 is 21.8 Å². The summed E-state index contributed by atoms with van der Waals surface area (Å²) in [5.74, 6) is -1.02. The van der Waals surface area contributed by atoms with Gasteiger partial charge in [-0.25, -0.2) is 17.5 Å². The molecule has 2 aromatic carbocycles. The second-order valence-corrected chi connectivity index (χ2v) is 11.1. The zero-order chi connectivity index (χ0) is 25.3. The van der Waals surface area contributed by atoms with Crippen molar-refractivity contribution in [2.75, 3.05) is 20.1 Å². The van der Waals surface area contributed by atoms with Crippen molar-refractivity contribution < 1.29 is 17.6 Å². The number of carbonyl (C=O) groups excluding carboxylic acids is 1. The molecular formula is C26H31FN4O3S. The molecule has 1 aliphatic heterocycles. The first-order chi connectivity index (χ1) is 16.6. The standard InChI is InChI=1S/C26H31FN4O3S/c1-18-8-5-6-10-25(18)31-20(3)24(19(2)28-31)17-29(4)26(32)21-9-7-15-30(16-21)35(33,34)23-13-11-22(27)12-14-23/h5-6,8,10-14,21H,7,9,15-17H2,1-4H3. The van der Waals surface area contributed by atoms with E-state index in [0.717, 1.165) is 40.3 Å². The average molecular weight is 499 g/mol. The molecule has 3 aromatic rings. The molecule has 7 nitrogen and oxygen atoms in total. The molecule has 1 fully saturated rings. The molecule has 35 heavy (non-hydrogen) atoms. The fourth-order valence-corrected chi connectivity index (χ4v) is 6.21. The van der Waals surface area contributed by atoms with Gasteiger partial charge in [-0.2, -0.15) is 9.40 Å². The maximum atomic E-state index is 13.3. The van der Waals surface area contributed by atoms with Crippen LogP contribution in [0.3, 0.4) is 0 Å². The Morgan fingerprint density at radius 3 is 2.49 bits per heavy atom. The number of sulfonamides is 1. The summed E-state index contributed by atoms with van der Waals surface area (Å²) >= 11 is 0. The van der Waals surface area contributed by atoms with Crippen molar-refractivity contribution >= 4 is 15.9 Å². The van der Waals surface area contributed by atoms with E-state index in [4.69, 9.17) is 5.10 Å². The van der Waals surface area contributed by atoms with E-state index in [-0.39, 0.29) is 17.3 Å². The minimum atomic E-state index is -3.79. The lowest BCUT2D eigenvalue weighted by atomic mass is 9.98. The van der Waals surface area contributed by atoms with Gasteiger partial charge in [-0.05, 0) is 69.5 Å². The Morgan fingerprint density at radius 1 is 1.11 bits per heavy atom. The summed E-state index contributed by atoms with van der Waals surface area (Å²) in [6, 6.07) is 12.8. The van der Waals surface area contributed by atoms with Crippen LogP contribution in [0.1, 0.15) is 35.4 Å². The number of halogens is 1. The normalized spacial score (nSPS) is 16.9. The van der Waals surface area contributed by atoms with Gasteiger partial charge >= 0.3 is 0 Å². The smallest absolute Gasteiger partial charge is 0.243 e. The number of para-hydroxylation sites is 1. The number of hydrogen-bond donors (Lipinski definition) is 0. The maximum absolute atomic E-state index is 13.3. The highest BCUT2D eigenvalue weighted by Gasteiger charge is 2.34. The number of amides is 1. The van der Waals surface area contributed by atoms with Crippen LogP contribution >= 0.6 is 0 Å². The van der Waals surface area contributed by atoms with Gasteiger partial charge in [0.1, 0.15) is 5.82 Å². The molecule has 2 heterocycles. The molecule has 1 atom stereocenters. The van der Waals surface area contributed by atoms with Gasteiger partial charge in [-0.15, -0.1) is 0 Å². The molecular weight excluding hydrogens is 467 g/mol. The highest BCUT2D eigenvalue weighted by atomic mass is 32.2. The van der Waals surface area contributed by atoms with Gasteiger partial charge in [-0.3, -0.25) is 4.79 Å². The second kappa shape index (κ2) is 9.91. The summed E-state index contributed by atoms with van der Waals surface area (Å²) in [7, 11) is -2.04. The molecule has 1 saturated heterocycles. The molecule has 1 amide bonds. The fourth-order valence-electron chi connectivity index (χ4n) is 4.68. The van der Waals surface area contributed by atoms with Crippen LogP contribution in [0.15, 0.2) is 53.4 Å². The first kappa shape index (κ1) is 25.1. The number of nitrogens with zero attached hydrogens (tertiary/aromatic N) is 4. The van der Waals surface area contributed by atoms with Crippen LogP contribution in [0.4, 0.5) is 4.39 Å². The highest BCUT2D eigenvalue weighted by molar-refractivity contribution is 7.89. The van der Waals surface area contributed by atoms with Gasteiger partial charge < -0.3 is 4.90 Å². The number of carbonyl (C=O) groups is 1. The number of aryl methyl sites for hydroxylation is 2. The average Bonchev–Trinajstić information content (AvgIpc) is 3.12. The molecule has 0 bridgehead atoms. The lowest BCUT2D eigenvalue weighted by molar-refractivity contribution is -0.135. The zero-order valence-corrected chi connectivity index (χ0v) is 21.3. The number of benzene rings is 2. The monoisotopic (exact) mass is 498 g/mol. The van der Waals surface area contributed by atoms with Gasteiger partial charge in [-0.1, -0.05) is 18.2 Å². The first-order valence-electron chi connectivity index (χ1n) is 11.7. The number of rotatable bonds is 6. The lowest BCUT2D eigenvalue weighted by Gasteiger charge is -2.33. The zero-order valence-electron chi connectivity index (χ0n) is 20.5. The van der Waals surface area contributed by atoms with E-state index in [0.29, 0.717) is 25.9 Å². The third kappa shape index (κ3) is 5.01. The van der Waals surface area contributed by atoms with E-state index in [1.165, 1.54) is 16.4 Å². The first-order valence-corrected chi connectivity index (χ1v) is 13.2. The van der Waals surface area contributed by atoms with Crippen molar-refractivity contribution in [3.05, 3.63) is 76.9 Å². The molecule has 0 saturated carbocycles. The summed E-state index contributed by atoms with van der Waals surface area (Å²) < 4.78 is 42.6. The van der Waals surface area contributed by atoms with Gasteiger partial charge in [0.15, 0.2) is 0 Å². The maximum Gasteiger partial charge on any atom is 0.243 e. The molecule has 0 spiro atoms. The van der Waals surface area contributed by atoms with E-state index >= 15 is 0 Å². The van der Waals surface area contributed by atoms with Crippen LogP contribution in [0, 0.1) is 32.5 Å². The third-order valence-corrected chi connectivity index (χ3v) is 8.62. The van der Waals surface area contributed by atoms with Gasteiger partial charge in [0, 0.05) is 37.9 Å². The van der Waals surface area contributed by atoms with E-state index in [2.05, 4.69) is 0 Å². The Labute approximate surface area is 206 Å². The van der Waals surface area contributed by atoms with Crippen molar-refractivity contribution in [2.45, 2.75) is 45.1 Å². The Morgan fingerprint density at radius 2 is 1.80 bits per heavy atom. The van der Waals surface area contributed by atoms with Crippen molar-refractivity contribution in [1.29, 1.82) is 0 Å². The minimum Gasteiger partial charge on any atom is -0.341 e. The molecule has 0 radical (unpaired) electrons. The Balaban J connectivity index is 1.49. The van der Waals surface area contributed by atoms with Crippen LogP contribution in [0.2, 0.25) is 0 Å². The van der Waals surface area contributed by atoms with Crippen molar-refractivity contribution in [2.24, 2.45) is 5.92 Å². The van der Waals surface area contributed by atoms with Gasteiger partial charge in [0.05, 0.1) is 22.2 Å². The second-order valence-electron chi connectivity index (χ2n) is 9.20. The summed E-state index contributed by atoms with van der Waals surface area (Å²) in [4.78, 5) is 15.0. The van der Waals surface area contributed by atoms with Gasteiger partial charge in [0.2, 0.25) is 15.9 Å². The van der Waals surface area contributed by atoms with Crippen LogP contribution in [0.25, 0.3) is 5.69 Å². The van der Waals surface area contributed by atoms with E-state index in [1.54, 1.807) is 11.9 Å². The van der Waals surface area contributed by atoms with E-state index in [1.807, 2.05) is 49.7 Å². The molecule has 1 unspecified atom stereocenters. The molecule has 0 aliphatic carbocycles. The van der Waals surface area contributed by atoms with Crippen molar-refractivity contribution in [3.8, 4) is 5.69 Å². The predicted octanol–water partition coefficient (Wildman–Crippen LogP) is 4.00. The number of aromatic nitrogens is 2. The molecule has 186 valence electrons. The Kier molecular flexibility index (Phi) is 7.10. The molecule has 9 heteroatoms. The summed E-state index contributed by atoms with van der Waals surface area (Å²) in [6.45, 7) is 6.82. The van der Waals surface area contributed by atoms with Gasteiger partial charge in [0.25, 0.3) is 0 Å². The fraction of sp³-hybridized carbons (Fsp3) is 0.385. The van der Waals surface area contributed by atoms with E-state index in [9.17, 15) is 17.6 Å². The van der Waals surface area contributed by atoms with Crippen LogP contribution in [0.5, 0.6) is 0 Å². The molecule has 0 N–H and O–H groups in total. The molecule has 4 rings (SSSR count). The number of hydrogen-bond acceptors (Lipinski definition) is 4. The van der Waals surface area contributed by atoms with Crippen LogP contribution in [-0.2, 0) is 21.4 Å². The quantitative estimate of drug-likeness (QED) is 0.515. The van der Waals surface area contributed by atoms with Crippen LogP contribution in [-0.4, -0.2) is 53.4 Å². The topological polar surface area (TPSA) is 75.5 Å². The number of piperidine rings is 1. The highest BCUT2D eigenvalue weighted by Crippen LogP contribution is 2.27. The largest absolute Gasteiger partial charge is 0.341 e. The van der Waals surface area contributed by atoms with Crippen LogP contribution < -0.4 is 0 Å². The predicted molar refractivity (Wildman–Crippen MR) is 132 cm³/mol. The SMILES string of the molecule is Cc1ccccc1-n1nc(C)c(CN(C)C(=O)C2CCCN(S(=O)(=O)c3ccc(F)cc3)C2)c1C. The Bertz CT molecular complexity index is 1340. The Hall–Kier alpha value is -3.04. The third-order valence-electron chi connectivity index (χ3n) is 6.74. The summed E-state index contributed by atoms with van der Waals surface area (Å²) in [5, 5.41) is 4.71. The van der Waals surface area contributed by atoms with Crippen molar-refractivity contribution in [3.63, 3.8) is 0 Å². The molecule has 1 aliphatic rings. The lowest BCUT2D eigenvalue weighted by Crippen LogP contribution is -2.45. The summed E-state index contributed by atoms with van der Waals surface area (Å²) in [5.41, 5.74) is 4.92. The summed E-state index contributed by atoms with van der Waals surface area (Å²) in [6.07, 6.45) is 1.22. The minimum absolute atomic E-state index is 0.0372.